The Balaban J connectivity index is 1.73. The predicted octanol–water partition coefficient (Wildman–Crippen LogP) is 6.44. The van der Waals surface area contributed by atoms with E-state index in [0.717, 1.165) is 52.6 Å². The Morgan fingerprint density at radius 3 is 2.56 bits per heavy atom. The second-order valence-corrected chi connectivity index (χ2v) is 7.62. The molecule has 27 heavy (non-hydrogen) atoms. The van der Waals surface area contributed by atoms with Crippen LogP contribution < -0.4 is 4.74 Å². The SMILES string of the molecule is C=C1C(c2ccc(Oc3ccc(CC)cc3C)cc2)=CC=CN1CCSC. The highest BCUT2D eigenvalue weighted by Gasteiger charge is 2.14. The van der Waals surface area contributed by atoms with E-state index in [2.05, 4.69) is 80.3 Å². The lowest BCUT2D eigenvalue weighted by Gasteiger charge is -2.27. The molecule has 0 saturated carbocycles. The van der Waals surface area contributed by atoms with Crippen LogP contribution in [-0.4, -0.2) is 23.5 Å². The molecule has 3 rings (SSSR count). The number of allylic oxidation sites excluding steroid dienone is 3. The van der Waals surface area contributed by atoms with Gasteiger partial charge in [-0.15, -0.1) is 0 Å². The molecule has 0 radical (unpaired) electrons. The molecule has 0 atom stereocenters. The summed E-state index contributed by atoms with van der Waals surface area (Å²) in [6, 6.07) is 14.6. The zero-order valence-electron chi connectivity index (χ0n) is 16.4. The van der Waals surface area contributed by atoms with Gasteiger partial charge in [-0.25, -0.2) is 0 Å². The molecule has 1 aliphatic heterocycles. The Bertz CT molecular complexity index is 864. The minimum absolute atomic E-state index is 0.850. The first-order valence-corrected chi connectivity index (χ1v) is 10.7. The van der Waals surface area contributed by atoms with Crippen LogP contribution in [0, 0.1) is 6.92 Å². The zero-order valence-corrected chi connectivity index (χ0v) is 17.2. The third-order valence-electron chi connectivity index (χ3n) is 4.76. The van der Waals surface area contributed by atoms with Crippen molar-refractivity contribution in [1.82, 2.24) is 4.90 Å². The van der Waals surface area contributed by atoms with E-state index in [1.807, 2.05) is 23.9 Å². The third kappa shape index (κ3) is 4.67. The molecular formula is C24H27NOS. The van der Waals surface area contributed by atoms with Gasteiger partial charge in [-0.1, -0.05) is 43.8 Å². The molecule has 2 aromatic rings. The molecule has 3 heteroatoms. The number of hydrogen-bond donors (Lipinski definition) is 0. The summed E-state index contributed by atoms with van der Waals surface area (Å²) in [5.74, 6) is 2.84. The van der Waals surface area contributed by atoms with Gasteiger partial charge in [-0.2, -0.15) is 11.8 Å². The third-order valence-corrected chi connectivity index (χ3v) is 5.35. The van der Waals surface area contributed by atoms with Crippen LogP contribution in [-0.2, 0) is 6.42 Å². The molecule has 140 valence electrons. The number of rotatable bonds is 7. The number of hydrogen-bond acceptors (Lipinski definition) is 3. The van der Waals surface area contributed by atoms with E-state index in [0.29, 0.717) is 0 Å². The second-order valence-electron chi connectivity index (χ2n) is 6.63. The summed E-state index contributed by atoms with van der Waals surface area (Å²) in [6.07, 6.45) is 9.48. The maximum Gasteiger partial charge on any atom is 0.130 e. The van der Waals surface area contributed by atoms with Gasteiger partial charge in [0.05, 0.1) is 0 Å². The lowest BCUT2D eigenvalue weighted by Crippen LogP contribution is -2.21. The van der Waals surface area contributed by atoms with E-state index in [1.165, 1.54) is 5.56 Å². The highest BCUT2D eigenvalue weighted by atomic mass is 32.2. The Labute approximate surface area is 167 Å². The molecule has 2 nitrogen and oxygen atoms in total. The minimum atomic E-state index is 0.850. The molecule has 0 bridgehead atoms. The van der Waals surface area contributed by atoms with Gasteiger partial charge in [0.1, 0.15) is 11.5 Å². The Kier molecular flexibility index (Phi) is 6.46. The summed E-state index contributed by atoms with van der Waals surface area (Å²) >= 11 is 1.85. The Hall–Kier alpha value is -2.39. The lowest BCUT2D eigenvalue weighted by atomic mass is 10.0. The smallest absolute Gasteiger partial charge is 0.130 e. The fourth-order valence-electron chi connectivity index (χ4n) is 3.12. The van der Waals surface area contributed by atoms with Crippen LogP contribution in [0.15, 0.2) is 73.1 Å². The van der Waals surface area contributed by atoms with Crippen LogP contribution in [0.2, 0.25) is 0 Å². The highest BCUT2D eigenvalue weighted by Crippen LogP contribution is 2.31. The molecule has 0 spiro atoms. The van der Waals surface area contributed by atoms with Gasteiger partial charge in [-0.05, 0) is 60.6 Å². The van der Waals surface area contributed by atoms with Crippen molar-refractivity contribution in [3.63, 3.8) is 0 Å². The normalized spacial score (nSPS) is 13.7. The number of benzene rings is 2. The lowest BCUT2D eigenvalue weighted by molar-refractivity contribution is 0.478. The van der Waals surface area contributed by atoms with Gasteiger partial charge < -0.3 is 9.64 Å². The number of ether oxygens (including phenoxy) is 1. The first kappa shape index (κ1) is 19.4. The average Bonchev–Trinajstić information content (AvgIpc) is 2.69. The van der Waals surface area contributed by atoms with E-state index >= 15 is 0 Å². The molecule has 0 saturated heterocycles. The maximum absolute atomic E-state index is 6.08. The van der Waals surface area contributed by atoms with Gasteiger partial charge in [-0.3, -0.25) is 0 Å². The standard InChI is InChI=1S/C24H27NOS/c1-5-20-8-13-24(18(2)17-20)26-22-11-9-21(10-12-22)23-7-6-14-25(19(23)3)15-16-27-4/h6-14,17H,3,5,15-16H2,1-2,4H3. The van der Waals surface area contributed by atoms with Crippen molar-refractivity contribution in [2.24, 2.45) is 0 Å². The van der Waals surface area contributed by atoms with Gasteiger partial charge in [0.25, 0.3) is 0 Å². The van der Waals surface area contributed by atoms with Gasteiger partial charge in [0.15, 0.2) is 0 Å². The molecular weight excluding hydrogens is 350 g/mol. The first-order chi connectivity index (χ1) is 13.1. The fraction of sp³-hybridized carbons (Fsp3) is 0.250. The molecule has 0 fully saturated rings. The first-order valence-electron chi connectivity index (χ1n) is 9.33. The molecule has 0 N–H and O–H groups in total. The van der Waals surface area contributed by atoms with E-state index in [4.69, 9.17) is 4.74 Å². The molecule has 0 aliphatic carbocycles. The topological polar surface area (TPSA) is 12.5 Å². The van der Waals surface area contributed by atoms with Crippen molar-refractivity contribution >= 4 is 17.3 Å². The van der Waals surface area contributed by atoms with Crippen LogP contribution >= 0.6 is 11.8 Å². The fourth-order valence-corrected chi connectivity index (χ4v) is 3.50. The summed E-state index contributed by atoms with van der Waals surface area (Å²) in [5, 5.41) is 0. The molecule has 1 heterocycles. The van der Waals surface area contributed by atoms with Crippen LogP contribution in [0.25, 0.3) is 5.57 Å². The van der Waals surface area contributed by atoms with Crippen molar-refractivity contribution in [2.45, 2.75) is 20.3 Å². The minimum Gasteiger partial charge on any atom is -0.457 e. The maximum atomic E-state index is 6.08. The summed E-state index contributed by atoms with van der Waals surface area (Å²) in [6.45, 7) is 9.52. The largest absolute Gasteiger partial charge is 0.457 e. The van der Waals surface area contributed by atoms with Crippen molar-refractivity contribution < 1.29 is 4.74 Å². The number of nitrogens with zero attached hydrogens (tertiary/aromatic N) is 1. The van der Waals surface area contributed by atoms with Crippen LogP contribution in [0.4, 0.5) is 0 Å². The Morgan fingerprint density at radius 2 is 1.89 bits per heavy atom. The molecule has 0 amide bonds. The second kappa shape index (κ2) is 9.01. The molecule has 2 aromatic carbocycles. The van der Waals surface area contributed by atoms with E-state index in [1.54, 1.807) is 0 Å². The van der Waals surface area contributed by atoms with E-state index in [-0.39, 0.29) is 0 Å². The van der Waals surface area contributed by atoms with Gasteiger partial charge in [0.2, 0.25) is 0 Å². The number of thioether (sulfide) groups is 1. The highest BCUT2D eigenvalue weighted by molar-refractivity contribution is 7.98. The summed E-state index contributed by atoms with van der Waals surface area (Å²) < 4.78 is 6.08. The summed E-state index contributed by atoms with van der Waals surface area (Å²) in [5.41, 5.74) is 5.86. The zero-order chi connectivity index (χ0) is 19.2. The Morgan fingerprint density at radius 1 is 1.11 bits per heavy atom. The van der Waals surface area contributed by atoms with E-state index in [9.17, 15) is 0 Å². The monoisotopic (exact) mass is 377 g/mol. The molecule has 1 aliphatic rings. The number of aryl methyl sites for hydroxylation is 2. The van der Waals surface area contributed by atoms with Crippen molar-refractivity contribution in [3.8, 4) is 11.5 Å². The van der Waals surface area contributed by atoms with Crippen LogP contribution in [0.1, 0.15) is 23.6 Å². The average molecular weight is 378 g/mol. The van der Waals surface area contributed by atoms with Gasteiger partial charge in [0, 0.05) is 29.8 Å². The quantitative estimate of drug-likeness (QED) is 0.551. The van der Waals surface area contributed by atoms with Crippen LogP contribution in [0.3, 0.4) is 0 Å². The van der Waals surface area contributed by atoms with Crippen molar-refractivity contribution in [3.05, 3.63) is 89.8 Å². The van der Waals surface area contributed by atoms with Crippen molar-refractivity contribution in [2.75, 3.05) is 18.6 Å². The summed E-state index contributed by atoms with van der Waals surface area (Å²) in [4.78, 5) is 2.22. The van der Waals surface area contributed by atoms with Crippen LogP contribution in [0.5, 0.6) is 11.5 Å². The van der Waals surface area contributed by atoms with E-state index < -0.39 is 0 Å². The molecule has 0 aromatic heterocycles. The molecule has 0 unspecified atom stereocenters. The predicted molar refractivity (Wildman–Crippen MR) is 118 cm³/mol. The van der Waals surface area contributed by atoms with Crippen molar-refractivity contribution in [1.29, 1.82) is 0 Å². The summed E-state index contributed by atoms with van der Waals surface area (Å²) in [7, 11) is 0. The van der Waals surface area contributed by atoms with Gasteiger partial charge >= 0.3 is 0 Å².